The van der Waals surface area contributed by atoms with Gasteiger partial charge >= 0.3 is 5.97 Å². The van der Waals surface area contributed by atoms with Crippen molar-refractivity contribution in [2.24, 2.45) is 5.73 Å². The fourth-order valence-corrected chi connectivity index (χ4v) is 5.59. The fraction of sp³-hybridized carbons (Fsp3) is 0.375. The number of hydrogen-bond donors (Lipinski definition) is 2. The molecule has 10 heteroatoms. The van der Waals surface area contributed by atoms with Gasteiger partial charge in [0.1, 0.15) is 12.4 Å². The molecule has 2 aliphatic heterocycles. The molecule has 4 heterocycles. The summed E-state index contributed by atoms with van der Waals surface area (Å²) in [4.78, 5) is 30.5. The highest BCUT2D eigenvalue weighted by Gasteiger charge is 2.45. The van der Waals surface area contributed by atoms with E-state index in [-0.39, 0.29) is 75.1 Å². The lowest BCUT2D eigenvalue weighted by molar-refractivity contribution is -0.172. The second kappa shape index (κ2) is 8.08. The predicted octanol–water partition coefficient (Wildman–Crippen LogP) is 2.70. The first-order valence-electron chi connectivity index (χ1n) is 10.8. The molecule has 0 fully saturated rings. The van der Waals surface area contributed by atoms with Crippen LogP contribution in [0.5, 0.6) is 0 Å². The Bertz CT molecular complexity index is 1460. The molecule has 0 radical (unpaired) electrons. The number of aliphatic hydroxyl groups is 1. The first-order chi connectivity index (χ1) is 15.3. The molecule has 0 saturated heterocycles. The Kier molecular flexibility index (Phi) is 5.87. The maximum absolute atomic E-state index is 14.7. The Morgan fingerprint density at radius 2 is 2.00 bits per heavy atom. The number of nitrogens with zero attached hydrogens (tertiary/aromatic N) is 2. The van der Waals surface area contributed by atoms with E-state index >= 15 is 0 Å². The van der Waals surface area contributed by atoms with Crippen LogP contribution in [-0.4, -0.2) is 20.6 Å². The summed E-state index contributed by atoms with van der Waals surface area (Å²) in [5.74, 6) is -1.08. The minimum atomic E-state index is -1.89. The zero-order valence-corrected chi connectivity index (χ0v) is 20.8. The quantitative estimate of drug-likeness (QED) is 0.387. The van der Waals surface area contributed by atoms with E-state index in [1.165, 1.54) is 6.07 Å². The summed E-state index contributed by atoms with van der Waals surface area (Å²) in [6, 6.07) is 2.84. The van der Waals surface area contributed by atoms with Gasteiger partial charge in [0, 0.05) is 28.6 Å². The molecule has 6 rings (SSSR count). The van der Waals surface area contributed by atoms with Crippen molar-refractivity contribution in [2.75, 3.05) is 0 Å². The fourth-order valence-electron chi connectivity index (χ4n) is 5.59. The van der Waals surface area contributed by atoms with Gasteiger partial charge in [-0.3, -0.25) is 4.79 Å². The summed E-state index contributed by atoms with van der Waals surface area (Å²) in [6.45, 7) is 3.55. The Morgan fingerprint density at radius 3 is 2.71 bits per heavy atom. The number of aryl methyl sites for hydroxylation is 1. The zero-order chi connectivity index (χ0) is 22.5. The standard InChI is InChI=1S/C24H22FN3O4.2H2S/c1-3-24(31)14-6-18-21-12(8-28(18)22(29)13(14)9-32-23(24)30)19-16(26)5-4-11-10(2)15(25)7-17(27-21)20(11)19;;/h6-7,16,31H,3-5,8-9,26H2,1-2H3;2*1H2/t16-,24-;;/m0../s1. The molecule has 2 aromatic heterocycles. The van der Waals surface area contributed by atoms with Gasteiger partial charge in [-0.05, 0) is 48.9 Å². The third-order valence-electron chi connectivity index (χ3n) is 7.42. The van der Waals surface area contributed by atoms with E-state index in [1.807, 2.05) is 0 Å². The highest BCUT2D eigenvalue weighted by Crippen LogP contribution is 2.45. The van der Waals surface area contributed by atoms with Gasteiger partial charge in [0.2, 0.25) is 0 Å². The number of esters is 1. The normalized spacial score (nSPS) is 21.7. The Labute approximate surface area is 209 Å². The van der Waals surface area contributed by atoms with Crippen LogP contribution >= 0.6 is 27.0 Å². The van der Waals surface area contributed by atoms with Crippen molar-refractivity contribution in [3.63, 3.8) is 0 Å². The lowest BCUT2D eigenvalue weighted by Gasteiger charge is -2.31. The molecule has 0 spiro atoms. The number of rotatable bonds is 1. The molecule has 34 heavy (non-hydrogen) atoms. The highest BCUT2D eigenvalue weighted by atomic mass is 32.1. The third kappa shape index (κ3) is 2.95. The molecule has 7 nitrogen and oxygen atoms in total. The zero-order valence-electron chi connectivity index (χ0n) is 18.8. The van der Waals surface area contributed by atoms with E-state index in [0.717, 1.165) is 22.1 Å². The second-order valence-corrected chi connectivity index (χ2v) is 8.96. The van der Waals surface area contributed by atoms with Gasteiger partial charge in [-0.25, -0.2) is 14.2 Å². The minimum absolute atomic E-state index is 0. The Morgan fingerprint density at radius 1 is 1.26 bits per heavy atom. The molecular weight excluding hydrogens is 477 g/mol. The maximum Gasteiger partial charge on any atom is 0.343 e. The predicted molar refractivity (Wildman–Crippen MR) is 135 cm³/mol. The molecule has 1 aliphatic carbocycles. The van der Waals surface area contributed by atoms with Crippen LogP contribution < -0.4 is 11.3 Å². The number of nitrogens with two attached hydrogens (primary N) is 1. The number of aromatic nitrogens is 2. The van der Waals surface area contributed by atoms with Crippen LogP contribution in [0.25, 0.3) is 22.3 Å². The topological polar surface area (TPSA) is 107 Å². The van der Waals surface area contributed by atoms with Gasteiger partial charge in [-0.1, -0.05) is 6.92 Å². The number of carbonyl (C=O) groups is 1. The van der Waals surface area contributed by atoms with E-state index in [9.17, 15) is 19.1 Å². The number of hydrogen-bond acceptors (Lipinski definition) is 6. The highest BCUT2D eigenvalue weighted by molar-refractivity contribution is 7.59. The lowest BCUT2D eigenvalue weighted by atomic mass is 9.82. The molecule has 0 bridgehead atoms. The summed E-state index contributed by atoms with van der Waals surface area (Å²) in [5, 5.41) is 11.9. The van der Waals surface area contributed by atoms with Gasteiger partial charge in [-0.2, -0.15) is 27.0 Å². The van der Waals surface area contributed by atoms with E-state index in [4.69, 9.17) is 15.5 Å². The van der Waals surface area contributed by atoms with Crippen LogP contribution in [-0.2, 0) is 34.7 Å². The first kappa shape index (κ1) is 24.7. The van der Waals surface area contributed by atoms with Crippen molar-refractivity contribution in [1.82, 2.24) is 9.55 Å². The number of fused-ring (bicyclic) bond motifs is 5. The average Bonchev–Trinajstić information content (AvgIpc) is 3.14. The lowest BCUT2D eigenvalue weighted by Crippen LogP contribution is -2.44. The van der Waals surface area contributed by atoms with Crippen LogP contribution in [0.4, 0.5) is 4.39 Å². The smallest absolute Gasteiger partial charge is 0.343 e. The van der Waals surface area contributed by atoms with Crippen LogP contribution in [0.2, 0.25) is 0 Å². The monoisotopic (exact) mass is 503 g/mol. The van der Waals surface area contributed by atoms with Crippen molar-refractivity contribution >= 4 is 43.9 Å². The van der Waals surface area contributed by atoms with E-state index in [1.54, 1.807) is 24.5 Å². The van der Waals surface area contributed by atoms with E-state index in [2.05, 4.69) is 0 Å². The maximum atomic E-state index is 14.7. The van der Waals surface area contributed by atoms with Crippen LogP contribution in [0.1, 0.15) is 59.2 Å². The number of ether oxygens (including phenoxy) is 1. The van der Waals surface area contributed by atoms with Gasteiger partial charge in [0.05, 0.1) is 29.0 Å². The van der Waals surface area contributed by atoms with Crippen molar-refractivity contribution in [3.8, 4) is 11.4 Å². The molecule has 0 unspecified atom stereocenters. The molecule has 2 atom stereocenters. The van der Waals surface area contributed by atoms with Crippen LogP contribution in [0.3, 0.4) is 0 Å². The number of pyridine rings is 2. The summed E-state index contributed by atoms with van der Waals surface area (Å²) >= 11 is 0. The van der Waals surface area contributed by atoms with Crippen molar-refractivity contribution < 1.29 is 19.0 Å². The van der Waals surface area contributed by atoms with Crippen LogP contribution in [0, 0.1) is 12.7 Å². The number of halogens is 1. The van der Waals surface area contributed by atoms with Crippen molar-refractivity contribution in [2.45, 2.75) is 57.9 Å². The Hall–Kier alpha value is -2.40. The summed E-state index contributed by atoms with van der Waals surface area (Å²) < 4.78 is 21.4. The molecular formula is C24H26FN3O4S2. The van der Waals surface area contributed by atoms with Crippen molar-refractivity contribution in [1.29, 1.82) is 0 Å². The largest absolute Gasteiger partial charge is 0.458 e. The van der Waals surface area contributed by atoms with E-state index < -0.39 is 11.6 Å². The average molecular weight is 504 g/mol. The second-order valence-electron chi connectivity index (χ2n) is 8.96. The molecule has 3 N–H and O–H groups in total. The summed E-state index contributed by atoms with van der Waals surface area (Å²) in [5.41, 5.74) is 9.72. The molecule has 180 valence electrons. The van der Waals surface area contributed by atoms with Gasteiger partial charge in [0.15, 0.2) is 5.60 Å². The molecule has 3 aliphatic rings. The minimum Gasteiger partial charge on any atom is -0.458 e. The SMILES string of the molecule is CC[C@@]1(O)C(=O)OCc2c1cc1n(c2=O)Cc2c-1nc1cc(F)c(C)c3c1c2[C@@H](N)CC3.S.S. The number of carbonyl (C=O) groups excluding carboxylic acids is 1. The molecule has 3 aromatic rings. The third-order valence-corrected chi connectivity index (χ3v) is 7.42. The first-order valence-corrected chi connectivity index (χ1v) is 10.8. The summed E-state index contributed by atoms with van der Waals surface area (Å²) in [7, 11) is 0. The van der Waals surface area contributed by atoms with Gasteiger partial charge in [0.25, 0.3) is 5.56 Å². The molecule has 0 saturated carbocycles. The molecule has 1 aromatic carbocycles. The number of cyclic esters (lactones) is 1. The van der Waals surface area contributed by atoms with Gasteiger partial charge < -0.3 is 20.1 Å². The van der Waals surface area contributed by atoms with E-state index in [0.29, 0.717) is 35.3 Å². The molecule has 0 amide bonds. The van der Waals surface area contributed by atoms with Gasteiger partial charge in [-0.15, -0.1) is 0 Å². The number of benzene rings is 1. The Balaban J connectivity index is 0.00000137. The van der Waals surface area contributed by atoms with Crippen molar-refractivity contribution in [3.05, 3.63) is 61.7 Å². The summed E-state index contributed by atoms with van der Waals surface area (Å²) in [6.07, 6.45) is 1.44. The van der Waals surface area contributed by atoms with Crippen LogP contribution in [0.15, 0.2) is 16.9 Å².